The second-order valence-corrected chi connectivity index (χ2v) is 8.65. The summed E-state index contributed by atoms with van der Waals surface area (Å²) in [6, 6.07) is 9.57. The molecule has 0 aromatic heterocycles. The molecule has 1 aromatic carbocycles. The molecular weight excluding hydrogens is 344 g/mol. The molecule has 4 heteroatoms. The van der Waals surface area contributed by atoms with Crippen LogP contribution in [0.3, 0.4) is 0 Å². The van der Waals surface area contributed by atoms with Gasteiger partial charge in [-0.3, -0.25) is 0 Å². The Morgan fingerprint density at radius 3 is 2.33 bits per heavy atom. The minimum Gasteiger partial charge on any atom is -0.376 e. The average molecular weight is 376 g/mol. The van der Waals surface area contributed by atoms with Crippen LogP contribution >= 0.6 is 0 Å². The van der Waals surface area contributed by atoms with E-state index in [1.807, 2.05) is 30.3 Å². The van der Waals surface area contributed by atoms with Gasteiger partial charge in [0.15, 0.2) is 0 Å². The van der Waals surface area contributed by atoms with Gasteiger partial charge in [-0.15, -0.1) is 12.3 Å². The van der Waals surface area contributed by atoms with Gasteiger partial charge in [-0.2, -0.15) is 0 Å². The van der Waals surface area contributed by atoms with E-state index in [9.17, 15) is 8.78 Å². The molecule has 1 aliphatic heterocycles. The Bertz CT molecular complexity index is 624. The van der Waals surface area contributed by atoms with Crippen LogP contribution in [0.25, 0.3) is 0 Å². The second-order valence-electron chi connectivity index (χ2n) is 8.65. The number of terminal acetylenes is 1. The van der Waals surface area contributed by atoms with Crippen molar-refractivity contribution in [2.75, 3.05) is 26.7 Å². The summed E-state index contributed by atoms with van der Waals surface area (Å²) in [6.07, 6.45) is 12.0. The highest BCUT2D eigenvalue weighted by Crippen LogP contribution is 2.53. The third-order valence-electron chi connectivity index (χ3n) is 6.28. The number of rotatable bonds is 5. The molecule has 27 heavy (non-hydrogen) atoms. The van der Waals surface area contributed by atoms with Crippen molar-refractivity contribution in [1.29, 1.82) is 0 Å². The van der Waals surface area contributed by atoms with Crippen molar-refractivity contribution in [3.05, 3.63) is 35.9 Å². The number of hydrogen-bond donors (Lipinski definition) is 0. The first-order chi connectivity index (χ1) is 12.9. The van der Waals surface area contributed by atoms with Crippen LogP contribution in [0.2, 0.25) is 0 Å². The van der Waals surface area contributed by atoms with Crippen LogP contribution in [0, 0.1) is 29.6 Å². The Balaban J connectivity index is 0.000000156. The van der Waals surface area contributed by atoms with E-state index in [0.29, 0.717) is 12.0 Å². The quantitative estimate of drug-likeness (QED) is 0.672. The third kappa shape index (κ3) is 5.77. The van der Waals surface area contributed by atoms with Gasteiger partial charge in [0.25, 0.3) is 5.92 Å². The molecule has 3 aliphatic rings. The summed E-state index contributed by atoms with van der Waals surface area (Å²) < 4.78 is 30.1. The molecule has 148 valence electrons. The summed E-state index contributed by atoms with van der Waals surface area (Å²) in [5, 5.41) is 0. The number of alkyl halides is 2. The van der Waals surface area contributed by atoms with Crippen LogP contribution in [-0.2, 0) is 11.3 Å². The second kappa shape index (κ2) is 8.71. The lowest BCUT2D eigenvalue weighted by atomic mass is 9.57. The molecule has 0 radical (unpaired) electrons. The molecule has 4 rings (SSSR count). The van der Waals surface area contributed by atoms with E-state index < -0.39 is 11.8 Å². The molecule has 0 bridgehead atoms. The third-order valence-corrected chi connectivity index (χ3v) is 6.28. The van der Waals surface area contributed by atoms with Gasteiger partial charge in [-0.1, -0.05) is 30.3 Å². The van der Waals surface area contributed by atoms with Crippen molar-refractivity contribution in [1.82, 2.24) is 4.90 Å². The van der Waals surface area contributed by atoms with E-state index in [4.69, 9.17) is 11.2 Å². The van der Waals surface area contributed by atoms with E-state index >= 15 is 0 Å². The van der Waals surface area contributed by atoms with Crippen molar-refractivity contribution in [2.24, 2.45) is 17.3 Å². The van der Waals surface area contributed by atoms with Gasteiger partial charge in [-0.25, -0.2) is 8.78 Å². The van der Waals surface area contributed by atoms with E-state index in [1.165, 1.54) is 38.8 Å². The highest BCUT2D eigenvalue weighted by Gasteiger charge is 2.56. The predicted octanol–water partition coefficient (Wildman–Crippen LogP) is 4.99. The van der Waals surface area contributed by atoms with Gasteiger partial charge < -0.3 is 9.64 Å². The lowest BCUT2D eigenvalue weighted by molar-refractivity contribution is -0.00456. The number of piperidine rings is 1. The Labute approximate surface area is 162 Å². The molecular formula is C23H31F2NO. The minimum atomic E-state index is -2.46. The SMILES string of the molecule is C#CCC1CC2(CCN(C)CC2)C1.FC1(F)CC1COCc1ccccc1. The Kier molecular flexibility index (Phi) is 6.55. The van der Waals surface area contributed by atoms with Crippen molar-refractivity contribution < 1.29 is 13.5 Å². The van der Waals surface area contributed by atoms with Crippen molar-refractivity contribution in [2.45, 2.75) is 51.1 Å². The fourth-order valence-corrected chi connectivity index (χ4v) is 4.32. The highest BCUT2D eigenvalue weighted by molar-refractivity contribution is 5.13. The van der Waals surface area contributed by atoms with E-state index in [2.05, 4.69) is 17.9 Å². The summed E-state index contributed by atoms with van der Waals surface area (Å²) in [5.41, 5.74) is 1.74. The van der Waals surface area contributed by atoms with Gasteiger partial charge in [-0.05, 0) is 62.7 Å². The predicted molar refractivity (Wildman–Crippen MR) is 104 cm³/mol. The monoisotopic (exact) mass is 375 g/mol. The first kappa shape index (κ1) is 20.3. The fourth-order valence-electron chi connectivity index (χ4n) is 4.32. The normalized spacial score (nSPS) is 25.8. The summed E-state index contributed by atoms with van der Waals surface area (Å²) >= 11 is 0. The standard InChI is InChI=1S/C12H19N.C11H12F2O/c1-3-4-11-9-12(10-11)5-7-13(2)8-6-12;12-11(13)6-10(11)8-14-7-9-4-2-1-3-5-9/h1,11H,4-10H2,2H3;1-5,10H,6-8H2. The van der Waals surface area contributed by atoms with Crippen molar-refractivity contribution >= 4 is 0 Å². The molecule has 0 amide bonds. The van der Waals surface area contributed by atoms with Crippen LogP contribution in [0.15, 0.2) is 30.3 Å². The molecule has 2 aliphatic carbocycles. The molecule has 1 aromatic rings. The van der Waals surface area contributed by atoms with E-state index in [0.717, 1.165) is 17.9 Å². The molecule has 1 spiro atoms. The molecule has 0 N–H and O–H groups in total. The summed E-state index contributed by atoms with van der Waals surface area (Å²) in [6.45, 7) is 3.18. The zero-order valence-electron chi connectivity index (χ0n) is 16.3. The van der Waals surface area contributed by atoms with Crippen LogP contribution in [0.5, 0.6) is 0 Å². The average Bonchev–Trinajstić information content (AvgIpc) is 3.24. The van der Waals surface area contributed by atoms with Crippen LogP contribution in [-0.4, -0.2) is 37.6 Å². The molecule has 2 saturated carbocycles. The zero-order valence-corrected chi connectivity index (χ0v) is 16.3. The topological polar surface area (TPSA) is 12.5 Å². The summed E-state index contributed by atoms with van der Waals surface area (Å²) in [5.74, 6) is 0.634. The number of benzene rings is 1. The number of nitrogens with zero attached hydrogens (tertiary/aromatic N) is 1. The first-order valence-corrected chi connectivity index (χ1v) is 10.0. The van der Waals surface area contributed by atoms with Crippen LogP contribution < -0.4 is 0 Å². The van der Waals surface area contributed by atoms with Gasteiger partial charge in [0, 0.05) is 12.8 Å². The maximum Gasteiger partial charge on any atom is 0.253 e. The van der Waals surface area contributed by atoms with E-state index in [-0.39, 0.29) is 13.0 Å². The van der Waals surface area contributed by atoms with Gasteiger partial charge in [0.1, 0.15) is 0 Å². The molecule has 1 unspecified atom stereocenters. The highest BCUT2D eigenvalue weighted by atomic mass is 19.3. The minimum absolute atomic E-state index is 0.0121. The number of likely N-dealkylation sites (tertiary alicyclic amines) is 1. The van der Waals surface area contributed by atoms with Gasteiger partial charge in [0.2, 0.25) is 0 Å². The van der Waals surface area contributed by atoms with Crippen molar-refractivity contribution in [3.8, 4) is 12.3 Å². The lowest BCUT2D eigenvalue weighted by Crippen LogP contribution is -2.45. The smallest absolute Gasteiger partial charge is 0.253 e. The number of ether oxygens (including phenoxy) is 1. The Morgan fingerprint density at radius 2 is 1.78 bits per heavy atom. The lowest BCUT2D eigenvalue weighted by Gasteiger charge is -2.51. The summed E-state index contributed by atoms with van der Waals surface area (Å²) in [4.78, 5) is 2.44. The number of hydrogen-bond acceptors (Lipinski definition) is 2. The maximum absolute atomic E-state index is 12.4. The van der Waals surface area contributed by atoms with Crippen LogP contribution in [0.1, 0.15) is 44.1 Å². The largest absolute Gasteiger partial charge is 0.376 e. The number of halogens is 2. The molecule has 2 nitrogen and oxygen atoms in total. The van der Waals surface area contributed by atoms with Gasteiger partial charge >= 0.3 is 0 Å². The molecule has 3 fully saturated rings. The first-order valence-electron chi connectivity index (χ1n) is 10.0. The van der Waals surface area contributed by atoms with E-state index in [1.54, 1.807) is 0 Å². The Morgan fingerprint density at radius 1 is 1.15 bits per heavy atom. The van der Waals surface area contributed by atoms with Crippen LogP contribution in [0.4, 0.5) is 8.78 Å². The Hall–Kier alpha value is -1.44. The van der Waals surface area contributed by atoms with Gasteiger partial charge in [0.05, 0.1) is 19.1 Å². The summed E-state index contributed by atoms with van der Waals surface area (Å²) in [7, 11) is 2.23. The fraction of sp³-hybridized carbons (Fsp3) is 0.652. The van der Waals surface area contributed by atoms with Crippen molar-refractivity contribution in [3.63, 3.8) is 0 Å². The zero-order chi connectivity index (χ0) is 19.3. The molecule has 1 atom stereocenters. The molecule has 1 saturated heterocycles. The molecule has 1 heterocycles. The maximum atomic E-state index is 12.4.